The molecule has 0 aliphatic carbocycles. The SMILES string of the molecule is COc1cc(NCCCCCCO)ccc1[N+](=O)[O-]. The van der Waals surface area contributed by atoms with Crippen molar-refractivity contribution in [3.05, 3.63) is 28.3 Å². The van der Waals surface area contributed by atoms with Crippen LogP contribution in [0.5, 0.6) is 5.75 Å². The van der Waals surface area contributed by atoms with Crippen LogP contribution in [0.2, 0.25) is 0 Å². The minimum atomic E-state index is -0.461. The van der Waals surface area contributed by atoms with E-state index in [2.05, 4.69) is 5.32 Å². The van der Waals surface area contributed by atoms with Gasteiger partial charge in [-0.3, -0.25) is 10.1 Å². The van der Waals surface area contributed by atoms with Crippen LogP contribution in [0.4, 0.5) is 11.4 Å². The van der Waals surface area contributed by atoms with E-state index < -0.39 is 4.92 Å². The zero-order valence-electron chi connectivity index (χ0n) is 11.1. The molecule has 0 radical (unpaired) electrons. The van der Waals surface area contributed by atoms with Gasteiger partial charge in [0.2, 0.25) is 0 Å². The highest BCUT2D eigenvalue weighted by Crippen LogP contribution is 2.29. The molecular weight excluding hydrogens is 248 g/mol. The minimum Gasteiger partial charge on any atom is -0.490 e. The van der Waals surface area contributed by atoms with Crippen LogP contribution in [-0.2, 0) is 0 Å². The second kappa shape index (κ2) is 8.31. The summed E-state index contributed by atoms with van der Waals surface area (Å²) in [5, 5.41) is 22.6. The third-order valence-electron chi connectivity index (χ3n) is 2.79. The second-order valence-corrected chi connectivity index (χ2v) is 4.21. The largest absolute Gasteiger partial charge is 0.490 e. The average Bonchev–Trinajstić information content (AvgIpc) is 2.42. The van der Waals surface area contributed by atoms with Gasteiger partial charge in [0.25, 0.3) is 0 Å². The van der Waals surface area contributed by atoms with Crippen molar-refractivity contribution in [2.75, 3.05) is 25.6 Å². The van der Waals surface area contributed by atoms with E-state index >= 15 is 0 Å². The van der Waals surface area contributed by atoms with Crippen molar-refractivity contribution >= 4 is 11.4 Å². The van der Waals surface area contributed by atoms with Gasteiger partial charge in [-0.25, -0.2) is 0 Å². The van der Waals surface area contributed by atoms with Gasteiger partial charge in [-0.2, -0.15) is 0 Å². The molecule has 0 atom stereocenters. The number of hydrogen-bond acceptors (Lipinski definition) is 5. The molecular formula is C13H20N2O4. The van der Waals surface area contributed by atoms with E-state index in [1.807, 2.05) is 0 Å². The lowest BCUT2D eigenvalue weighted by Crippen LogP contribution is -2.02. The number of nitro groups is 1. The topological polar surface area (TPSA) is 84.6 Å². The normalized spacial score (nSPS) is 10.2. The molecule has 1 aromatic carbocycles. The predicted molar refractivity (Wildman–Crippen MR) is 73.7 cm³/mol. The summed E-state index contributed by atoms with van der Waals surface area (Å²) in [5.41, 5.74) is 0.778. The Morgan fingerprint density at radius 3 is 2.68 bits per heavy atom. The summed E-state index contributed by atoms with van der Waals surface area (Å²) < 4.78 is 5.00. The second-order valence-electron chi connectivity index (χ2n) is 4.21. The fourth-order valence-corrected chi connectivity index (χ4v) is 1.76. The minimum absolute atomic E-state index is 0.0315. The molecule has 0 bridgehead atoms. The van der Waals surface area contributed by atoms with Crippen molar-refractivity contribution in [2.45, 2.75) is 25.7 Å². The fourth-order valence-electron chi connectivity index (χ4n) is 1.76. The molecule has 0 saturated heterocycles. The van der Waals surface area contributed by atoms with Crippen LogP contribution in [0, 0.1) is 10.1 Å². The zero-order valence-corrected chi connectivity index (χ0v) is 11.1. The van der Waals surface area contributed by atoms with E-state index in [9.17, 15) is 10.1 Å². The molecule has 0 aliphatic heterocycles. The third-order valence-corrected chi connectivity index (χ3v) is 2.79. The van der Waals surface area contributed by atoms with E-state index in [4.69, 9.17) is 9.84 Å². The molecule has 0 spiro atoms. The Bertz CT molecular complexity index is 410. The van der Waals surface area contributed by atoms with E-state index in [1.54, 1.807) is 12.1 Å². The van der Waals surface area contributed by atoms with Crippen LogP contribution in [0.1, 0.15) is 25.7 Å². The first-order valence-corrected chi connectivity index (χ1v) is 6.36. The number of unbranched alkanes of at least 4 members (excludes halogenated alkanes) is 3. The van der Waals surface area contributed by atoms with Crippen molar-refractivity contribution in [1.82, 2.24) is 0 Å². The summed E-state index contributed by atoms with van der Waals surface area (Å²) in [7, 11) is 1.42. The Morgan fingerprint density at radius 2 is 2.05 bits per heavy atom. The highest BCUT2D eigenvalue weighted by Gasteiger charge is 2.14. The van der Waals surface area contributed by atoms with Crippen LogP contribution in [0.25, 0.3) is 0 Å². The zero-order chi connectivity index (χ0) is 14.1. The summed E-state index contributed by atoms with van der Waals surface area (Å²) >= 11 is 0. The molecule has 2 N–H and O–H groups in total. The Kier molecular flexibility index (Phi) is 6.67. The van der Waals surface area contributed by atoms with Gasteiger partial charge >= 0.3 is 5.69 Å². The first kappa shape index (κ1) is 15.2. The Balaban J connectivity index is 2.44. The molecule has 6 heteroatoms. The van der Waals surface area contributed by atoms with Gasteiger partial charge in [0.05, 0.1) is 12.0 Å². The Labute approximate surface area is 112 Å². The molecule has 0 unspecified atom stereocenters. The van der Waals surface area contributed by atoms with Crippen LogP contribution < -0.4 is 10.1 Å². The Morgan fingerprint density at radius 1 is 1.32 bits per heavy atom. The Hall–Kier alpha value is -1.82. The number of benzene rings is 1. The van der Waals surface area contributed by atoms with Crippen molar-refractivity contribution < 1.29 is 14.8 Å². The maximum absolute atomic E-state index is 10.7. The maximum Gasteiger partial charge on any atom is 0.311 e. The predicted octanol–water partition coefficient (Wildman–Crippen LogP) is 2.57. The fraction of sp³-hybridized carbons (Fsp3) is 0.538. The number of aliphatic hydroxyl groups is 1. The molecule has 0 aromatic heterocycles. The number of nitrogens with zero attached hydrogens (tertiary/aromatic N) is 1. The number of hydrogen-bond donors (Lipinski definition) is 2. The number of ether oxygens (including phenoxy) is 1. The van der Waals surface area contributed by atoms with Gasteiger partial charge in [-0.05, 0) is 18.9 Å². The highest BCUT2D eigenvalue weighted by molar-refractivity contribution is 5.57. The molecule has 6 nitrogen and oxygen atoms in total. The standard InChI is InChI=1S/C13H20N2O4/c1-19-13-10-11(6-7-12(13)15(17)18)14-8-4-2-3-5-9-16/h6-7,10,14,16H,2-5,8-9H2,1H3. The van der Waals surface area contributed by atoms with Crippen LogP contribution in [0.3, 0.4) is 0 Å². The van der Waals surface area contributed by atoms with Crippen molar-refractivity contribution in [1.29, 1.82) is 0 Å². The lowest BCUT2D eigenvalue weighted by atomic mass is 10.2. The average molecular weight is 268 g/mol. The summed E-state index contributed by atoms with van der Waals surface area (Å²) in [6.45, 7) is 1.04. The maximum atomic E-state index is 10.7. The first-order valence-electron chi connectivity index (χ1n) is 6.36. The van der Waals surface area contributed by atoms with Gasteiger partial charge < -0.3 is 15.2 Å². The number of aliphatic hydroxyl groups excluding tert-OH is 1. The van der Waals surface area contributed by atoms with Gasteiger partial charge in [-0.15, -0.1) is 0 Å². The van der Waals surface area contributed by atoms with Crippen LogP contribution in [0.15, 0.2) is 18.2 Å². The first-order chi connectivity index (χ1) is 9.19. The number of methoxy groups -OCH3 is 1. The summed E-state index contributed by atoms with van der Waals surface area (Å²) in [6.07, 6.45) is 3.91. The molecule has 0 heterocycles. The van der Waals surface area contributed by atoms with E-state index in [0.717, 1.165) is 37.9 Å². The molecule has 1 aromatic rings. The van der Waals surface area contributed by atoms with Gasteiger partial charge in [-0.1, -0.05) is 12.8 Å². The van der Waals surface area contributed by atoms with Crippen molar-refractivity contribution in [3.8, 4) is 5.75 Å². The lowest BCUT2D eigenvalue weighted by Gasteiger charge is -2.08. The molecule has 0 saturated carbocycles. The van der Waals surface area contributed by atoms with E-state index in [0.29, 0.717) is 0 Å². The van der Waals surface area contributed by atoms with Crippen molar-refractivity contribution in [2.24, 2.45) is 0 Å². The van der Waals surface area contributed by atoms with Gasteiger partial charge in [0.1, 0.15) is 0 Å². The lowest BCUT2D eigenvalue weighted by molar-refractivity contribution is -0.385. The highest BCUT2D eigenvalue weighted by atomic mass is 16.6. The number of nitrogens with one attached hydrogen (secondary N) is 1. The molecule has 19 heavy (non-hydrogen) atoms. The van der Waals surface area contributed by atoms with Crippen LogP contribution in [-0.4, -0.2) is 30.3 Å². The number of nitro benzene ring substituents is 1. The summed E-state index contributed by atoms with van der Waals surface area (Å²) in [5.74, 6) is 0.260. The van der Waals surface area contributed by atoms with Crippen LogP contribution >= 0.6 is 0 Å². The molecule has 106 valence electrons. The molecule has 1 rings (SSSR count). The molecule has 0 amide bonds. The van der Waals surface area contributed by atoms with Crippen molar-refractivity contribution in [3.63, 3.8) is 0 Å². The van der Waals surface area contributed by atoms with E-state index in [-0.39, 0.29) is 18.0 Å². The molecule has 0 aliphatic rings. The summed E-state index contributed by atoms with van der Waals surface area (Å²) in [6, 6.07) is 4.74. The third kappa shape index (κ3) is 5.13. The smallest absolute Gasteiger partial charge is 0.311 e. The van der Waals surface area contributed by atoms with E-state index in [1.165, 1.54) is 13.2 Å². The summed E-state index contributed by atoms with van der Waals surface area (Å²) in [4.78, 5) is 10.3. The monoisotopic (exact) mass is 268 g/mol. The van der Waals surface area contributed by atoms with Gasteiger partial charge in [0, 0.05) is 31.0 Å². The number of rotatable bonds is 9. The quantitative estimate of drug-likeness (QED) is 0.408. The van der Waals surface area contributed by atoms with Gasteiger partial charge in [0.15, 0.2) is 5.75 Å². The number of anilines is 1. The molecule has 0 fully saturated rings.